The molecule has 0 fully saturated rings. The molecule has 0 heterocycles. The van der Waals surface area contributed by atoms with Crippen LogP contribution in [-0.4, -0.2) is 28.4 Å². The number of methoxy groups -OCH3 is 3. The number of nitrogens with one attached hydrogen (secondary N) is 1. The van der Waals surface area contributed by atoms with Crippen molar-refractivity contribution in [2.24, 2.45) is 0 Å². The smallest absolute Gasteiger partial charge is 0.203 e. The van der Waals surface area contributed by atoms with E-state index < -0.39 is 0 Å². The molecule has 1 aromatic carbocycles. The van der Waals surface area contributed by atoms with Crippen LogP contribution in [0.25, 0.3) is 0 Å². The predicted octanol–water partition coefficient (Wildman–Crippen LogP) is 3.47. The SMILES string of the molecule is CNC(C1=CCCCC1)c1ccc(OC)c(OC)c1OC. The molecule has 0 radical (unpaired) electrons. The number of rotatable bonds is 6. The first kappa shape index (κ1) is 15.7. The van der Waals surface area contributed by atoms with E-state index in [0.29, 0.717) is 11.5 Å². The van der Waals surface area contributed by atoms with Crippen LogP contribution in [0, 0.1) is 0 Å². The van der Waals surface area contributed by atoms with Gasteiger partial charge in [0.15, 0.2) is 11.5 Å². The lowest BCUT2D eigenvalue weighted by Crippen LogP contribution is -2.20. The molecule has 1 N–H and O–H groups in total. The first-order valence-corrected chi connectivity index (χ1v) is 7.41. The van der Waals surface area contributed by atoms with Gasteiger partial charge in [-0.25, -0.2) is 0 Å². The van der Waals surface area contributed by atoms with Gasteiger partial charge in [0.05, 0.1) is 27.4 Å². The quantitative estimate of drug-likeness (QED) is 0.815. The van der Waals surface area contributed by atoms with Crippen molar-refractivity contribution >= 4 is 0 Å². The van der Waals surface area contributed by atoms with Crippen molar-refractivity contribution in [1.29, 1.82) is 0 Å². The van der Waals surface area contributed by atoms with Crippen LogP contribution >= 0.6 is 0 Å². The highest BCUT2D eigenvalue weighted by Gasteiger charge is 2.24. The highest BCUT2D eigenvalue weighted by Crippen LogP contribution is 2.44. The first-order chi connectivity index (χ1) is 10.3. The molecule has 4 nitrogen and oxygen atoms in total. The average molecular weight is 291 g/mol. The Morgan fingerprint density at radius 1 is 1.00 bits per heavy atom. The number of likely N-dealkylation sites (N-methyl/N-ethyl adjacent to an activating group) is 1. The molecule has 0 saturated heterocycles. The van der Waals surface area contributed by atoms with Gasteiger partial charge >= 0.3 is 0 Å². The number of hydrogen-bond acceptors (Lipinski definition) is 4. The van der Waals surface area contributed by atoms with E-state index >= 15 is 0 Å². The van der Waals surface area contributed by atoms with E-state index in [1.807, 2.05) is 13.1 Å². The Balaban J connectivity index is 2.48. The molecule has 1 unspecified atom stereocenters. The van der Waals surface area contributed by atoms with E-state index in [9.17, 15) is 0 Å². The van der Waals surface area contributed by atoms with Crippen LogP contribution in [-0.2, 0) is 0 Å². The second-order valence-electron chi connectivity index (χ2n) is 5.17. The van der Waals surface area contributed by atoms with E-state index in [2.05, 4.69) is 17.5 Å². The van der Waals surface area contributed by atoms with Crippen molar-refractivity contribution in [3.63, 3.8) is 0 Å². The summed E-state index contributed by atoms with van der Waals surface area (Å²) in [6.07, 6.45) is 7.16. The van der Waals surface area contributed by atoms with Gasteiger partial charge in [-0.2, -0.15) is 0 Å². The van der Waals surface area contributed by atoms with E-state index in [4.69, 9.17) is 14.2 Å². The lowest BCUT2D eigenvalue weighted by atomic mass is 9.89. The van der Waals surface area contributed by atoms with Crippen molar-refractivity contribution in [3.8, 4) is 17.2 Å². The summed E-state index contributed by atoms with van der Waals surface area (Å²) in [5.41, 5.74) is 2.51. The average Bonchev–Trinajstić information content (AvgIpc) is 2.55. The van der Waals surface area contributed by atoms with Gasteiger partial charge in [-0.15, -0.1) is 0 Å². The molecule has 1 aliphatic carbocycles. The third kappa shape index (κ3) is 3.16. The zero-order valence-corrected chi connectivity index (χ0v) is 13.4. The number of hydrogen-bond donors (Lipinski definition) is 1. The Morgan fingerprint density at radius 3 is 2.29 bits per heavy atom. The molecule has 2 rings (SSSR count). The van der Waals surface area contributed by atoms with E-state index in [1.165, 1.54) is 18.4 Å². The topological polar surface area (TPSA) is 39.7 Å². The fourth-order valence-corrected chi connectivity index (χ4v) is 3.02. The largest absolute Gasteiger partial charge is 0.493 e. The fourth-order valence-electron chi connectivity index (χ4n) is 3.02. The fraction of sp³-hybridized carbons (Fsp3) is 0.529. The molecule has 116 valence electrons. The van der Waals surface area contributed by atoms with Crippen LogP contribution < -0.4 is 19.5 Å². The summed E-state index contributed by atoms with van der Waals surface area (Å²) in [6, 6.07) is 4.14. The molecule has 0 saturated carbocycles. The van der Waals surface area contributed by atoms with Gasteiger partial charge in [0.25, 0.3) is 0 Å². The van der Waals surface area contributed by atoms with Crippen LogP contribution in [0.3, 0.4) is 0 Å². The number of allylic oxidation sites excluding steroid dienone is 1. The van der Waals surface area contributed by atoms with Crippen LogP contribution in [0.4, 0.5) is 0 Å². The van der Waals surface area contributed by atoms with Gasteiger partial charge in [-0.05, 0) is 44.9 Å². The van der Waals surface area contributed by atoms with Gasteiger partial charge in [0.1, 0.15) is 0 Å². The second kappa shape index (κ2) is 7.36. The lowest BCUT2D eigenvalue weighted by Gasteiger charge is -2.26. The minimum absolute atomic E-state index is 0.153. The standard InChI is InChI=1S/C17H25NO3/c1-18-15(12-8-6-5-7-9-12)13-10-11-14(19-2)17(21-4)16(13)20-3/h8,10-11,15,18H,5-7,9H2,1-4H3. The van der Waals surface area contributed by atoms with Gasteiger partial charge < -0.3 is 19.5 Å². The van der Waals surface area contributed by atoms with Crippen molar-refractivity contribution in [3.05, 3.63) is 29.3 Å². The molecule has 0 bridgehead atoms. The Labute approximate surface area is 127 Å². The van der Waals surface area contributed by atoms with Gasteiger partial charge in [0, 0.05) is 5.56 Å². The minimum Gasteiger partial charge on any atom is -0.493 e. The summed E-state index contributed by atoms with van der Waals surface area (Å²) in [7, 11) is 6.92. The Kier molecular flexibility index (Phi) is 5.51. The zero-order chi connectivity index (χ0) is 15.2. The maximum Gasteiger partial charge on any atom is 0.203 e. The molecule has 1 aliphatic rings. The van der Waals surface area contributed by atoms with E-state index in [-0.39, 0.29) is 6.04 Å². The Hall–Kier alpha value is -1.68. The van der Waals surface area contributed by atoms with Crippen molar-refractivity contribution < 1.29 is 14.2 Å². The normalized spacial score (nSPS) is 16.1. The van der Waals surface area contributed by atoms with Gasteiger partial charge in [0.2, 0.25) is 5.75 Å². The number of ether oxygens (including phenoxy) is 3. The summed E-state index contributed by atoms with van der Waals surface area (Å²) >= 11 is 0. The third-order valence-corrected chi connectivity index (χ3v) is 4.03. The molecule has 0 aromatic heterocycles. The summed E-state index contributed by atoms with van der Waals surface area (Å²) in [4.78, 5) is 0. The maximum atomic E-state index is 5.61. The Bertz CT molecular complexity index is 511. The summed E-state index contributed by atoms with van der Waals surface area (Å²) in [5.74, 6) is 2.07. The highest BCUT2D eigenvalue weighted by atomic mass is 16.5. The molecule has 0 amide bonds. The molecular formula is C17H25NO3. The maximum absolute atomic E-state index is 5.61. The highest BCUT2D eigenvalue weighted by molar-refractivity contribution is 5.58. The lowest BCUT2D eigenvalue weighted by molar-refractivity contribution is 0.320. The summed E-state index contributed by atoms with van der Waals surface area (Å²) < 4.78 is 16.4. The van der Waals surface area contributed by atoms with Crippen LogP contribution in [0.2, 0.25) is 0 Å². The molecular weight excluding hydrogens is 266 g/mol. The summed E-state index contributed by atoms with van der Waals surface area (Å²) in [5, 5.41) is 3.41. The zero-order valence-electron chi connectivity index (χ0n) is 13.4. The second-order valence-corrected chi connectivity index (χ2v) is 5.17. The molecule has 1 atom stereocenters. The van der Waals surface area contributed by atoms with Crippen molar-refractivity contribution in [1.82, 2.24) is 5.32 Å². The molecule has 21 heavy (non-hydrogen) atoms. The van der Waals surface area contributed by atoms with Crippen LogP contribution in [0.5, 0.6) is 17.2 Å². The molecule has 0 aliphatic heterocycles. The molecule has 1 aromatic rings. The number of benzene rings is 1. The van der Waals surface area contributed by atoms with Crippen LogP contribution in [0.15, 0.2) is 23.8 Å². The van der Waals surface area contributed by atoms with Gasteiger partial charge in [-0.3, -0.25) is 0 Å². The van der Waals surface area contributed by atoms with Crippen LogP contribution in [0.1, 0.15) is 37.3 Å². The Morgan fingerprint density at radius 2 is 1.76 bits per heavy atom. The van der Waals surface area contributed by atoms with Crippen molar-refractivity contribution in [2.75, 3.05) is 28.4 Å². The molecule has 4 heteroatoms. The van der Waals surface area contributed by atoms with Gasteiger partial charge in [-0.1, -0.05) is 11.6 Å². The third-order valence-electron chi connectivity index (χ3n) is 4.03. The molecule has 0 spiro atoms. The summed E-state index contributed by atoms with van der Waals surface area (Å²) in [6.45, 7) is 0. The monoisotopic (exact) mass is 291 g/mol. The predicted molar refractivity (Wildman–Crippen MR) is 84.4 cm³/mol. The van der Waals surface area contributed by atoms with E-state index in [0.717, 1.165) is 24.2 Å². The minimum atomic E-state index is 0.153. The van der Waals surface area contributed by atoms with Crippen molar-refractivity contribution in [2.45, 2.75) is 31.7 Å². The first-order valence-electron chi connectivity index (χ1n) is 7.41. The van der Waals surface area contributed by atoms with E-state index in [1.54, 1.807) is 21.3 Å².